The number of carbonyl (C=O) groups is 1. The number of rotatable bonds is 4. The molecular formula is C21H31N3O2. The molecule has 5 rings (SSSR count). The van der Waals surface area contributed by atoms with Gasteiger partial charge in [-0.05, 0) is 88.0 Å². The first-order valence-electron chi connectivity index (χ1n) is 10.6. The van der Waals surface area contributed by atoms with Crippen molar-refractivity contribution in [2.24, 2.45) is 23.2 Å². The molecule has 0 spiro atoms. The highest BCUT2D eigenvalue weighted by atomic mass is 16.3. The van der Waals surface area contributed by atoms with Gasteiger partial charge in [0.05, 0.1) is 0 Å². The minimum Gasteiger partial charge on any atom is -0.448 e. The number of fused-ring (bicyclic) bond motifs is 2. The number of piperidine rings is 1. The van der Waals surface area contributed by atoms with Gasteiger partial charge < -0.3 is 15.1 Å². The molecule has 1 aromatic rings. The Hall–Kier alpha value is -1.36. The van der Waals surface area contributed by atoms with E-state index in [1.807, 2.05) is 0 Å². The van der Waals surface area contributed by atoms with E-state index in [9.17, 15) is 4.79 Å². The number of oxazole rings is 1. The average molecular weight is 357 g/mol. The highest BCUT2D eigenvalue weighted by Crippen LogP contribution is 2.63. The summed E-state index contributed by atoms with van der Waals surface area (Å²) in [6.45, 7) is 4.18. The molecule has 5 heteroatoms. The van der Waals surface area contributed by atoms with E-state index in [1.165, 1.54) is 38.5 Å². The van der Waals surface area contributed by atoms with E-state index in [2.05, 4.69) is 22.5 Å². The highest BCUT2D eigenvalue weighted by Gasteiger charge is 2.56. The maximum Gasteiger partial charge on any atom is 0.273 e. The van der Waals surface area contributed by atoms with Gasteiger partial charge in [0.25, 0.3) is 5.91 Å². The van der Waals surface area contributed by atoms with Gasteiger partial charge in [0.1, 0.15) is 6.26 Å². The first kappa shape index (κ1) is 16.8. The van der Waals surface area contributed by atoms with Gasteiger partial charge in [-0.1, -0.05) is 0 Å². The summed E-state index contributed by atoms with van der Waals surface area (Å²) in [4.78, 5) is 17.3. The largest absolute Gasteiger partial charge is 0.448 e. The van der Waals surface area contributed by atoms with Crippen molar-refractivity contribution in [2.45, 2.75) is 70.3 Å². The fourth-order valence-corrected chi connectivity index (χ4v) is 6.72. The van der Waals surface area contributed by atoms with Gasteiger partial charge in [-0.3, -0.25) is 4.79 Å². The molecule has 6 atom stereocenters. The van der Waals surface area contributed by atoms with Crippen LogP contribution in [0, 0.1) is 23.2 Å². The molecule has 2 N–H and O–H groups in total. The lowest BCUT2D eigenvalue weighted by Gasteiger charge is -2.46. The molecule has 4 fully saturated rings. The van der Waals surface area contributed by atoms with Crippen LogP contribution in [0.1, 0.15) is 80.6 Å². The van der Waals surface area contributed by atoms with E-state index in [0.717, 1.165) is 43.7 Å². The number of nitrogens with zero attached hydrogens (tertiary/aromatic N) is 1. The average Bonchev–Trinajstić information content (AvgIpc) is 3.20. The van der Waals surface area contributed by atoms with Crippen LogP contribution in [0.15, 0.2) is 10.7 Å². The van der Waals surface area contributed by atoms with Crippen molar-refractivity contribution < 1.29 is 9.21 Å². The van der Waals surface area contributed by atoms with E-state index in [1.54, 1.807) is 6.26 Å². The number of aromatic nitrogens is 1. The summed E-state index contributed by atoms with van der Waals surface area (Å²) in [5.41, 5.74) is 0.774. The lowest BCUT2D eigenvalue weighted by molar-refractivity contribution is 0.0519. The summed E-state index contributed by atoms with van der Waals surface area (Å²) < 4.78 is 5.65. The van der Waals surface area contributed by atoms with Crippen molar-refractivity contribution >= 4 is 5.91 Å². The van der Waals surface area contributed by atoms with Gasteiger partial charge in [-0.15, -0.1) is 0 Å². The first-order chi connectivity index (χ1) is 12.6. The fourth-order valence-electron chi connectivity index (χ4n) is 6.72. The van der Waals surface area contributed by atoms with E-state index in [4.69, 9.17) is 4.42 Å². The van der Waals surface area contributed by atoms with E-state index in [-0.39, 0.29) is 11.9 Å². The zero-order valence-corrected chi connectivity index (χ0v) is 15.8. The van der Waals surface area contributed by atoms with Crippen LogP contribution < -0.4 is 10.6 Å². The third kappa shape index (κ3) is 2.70. The van der Waals surface area contributed by atoms with Crippen LogP contribution in [0.25, 0.3) is 0 Å². The van der Waals surface area contributed by atoms with Crippen LogP contribution in [-0.2, 0) is 0 Å². The Morgan fingerprint density at radius 1 is 1.35 bits per heavy atom. The Balaban J connectivity index is 1.27. The lowest BCUT2D eigenvalue weighted by atomic mass is 9.61. The zero-order chi connectivity index (χ0) is 17.7. The van der Waals surface area contributed by atoms with Crippen LogP contribution in [0.5, 0.6) is 0 Å². The minimum absolute atomic E-state index is 0.0609. The summed E-state index contributed by atoms with van der Waals surface area (Å²) in [5, 5.41) is 6.69. The molecule has 1 amide bonds. The summed E-state index contributed by atoms with van der Waals surface area (Å²) >= 11 is 0. The van der Waals surface area contributed by atoms with E-state index >= 15 is 0 Å². The summed E-state index contributed by atoms with van der Waals surface area (Å²) in [6.07, 6.45) is 11.9. The maximum atomic E-state index is 12.8. The monoisotopic (exact) mass is 357 g/mol. The number of nitrogens with one attached hydrogen (secondary N) is 2. The SMILES string of the molecule is CC(NC(=O)c1coc(C2CCCNC2)n1)C12CCC3CC(CC1C3)C2. The Labute approximate surface area is 155 Å². The van der Waals surface area contributed by atoms with Crippen LogP contribution in [0.4, 0.5) is 0 Å². The Kier molecular flexibility index (Phi) is 4.11. The number of hydrogen-bond donors (Lipinski definition) is 2. The van der Waals surface area contributed by atoms with Gasteiger partial charge in [0.15, 0.2) is 11.6 Å². The second-order valence-electron chi connectivity index (χ2n) is 9.42. The quantitative estimate of drug-likeness (QED) is 0.866. The van der Waals surface area contributed by atoms with Gasteiger partial charge >= 0.3 is 0 Å². The number of amides is 1. The molecule has 4 aliphatic rings. The third-order valence-electron chi connectivity index (χ3n) is 8.01. The van der Waals surface area contributed by atoms with Crippen molar-refractivity contribution in [1.82, 2.24) is 15.6 Å². The normalized spacial score (nSPS) is 39.7. The second-order valence-corrected chi connectivity index (χ2v) is 9.42. The second kappa shape index (κ2) is 6.36. The standard InChI is InChI=1S/C21H31N3O2/c1-13(21-5-4-14-7-15(10-21)9-17(21)8-14)23-19(25)18-12-26-20(24-18)16-3-2-6-22-11-16/h12-17,22H,2-11H2,1H3,(H,23,25). The summed E-state index contributed by atoms with van der Waals surface area (Å²) in [6, 6.07) is 0.223. The van der Waals surface area contributed by atoms with Gasteiger partial charge in [0, 0.05) is 18.5 Å². The van der Waals surface area contributed by atoms with E-state index < -0.39 is 0 Å². The molecule has 2 heterocycles. The molecule has 1 saturated heterocycles. The summed E-state index contributed by atoms with van der Waals surface area (Å²) in [5.74, 6) is 3.62. The fraction of sp³-hybridized carbons (Fsp3) is 0.810. The lowest BCUT2D eigenvalue weighted by Crippen LogP contribution is -2.49. The summed E-state index contributed by atoms with van der Waals surface area (Å²) in [7, 11) is 0. The molecule has 0 radical (unpaired) electrons. The first-order valence-corrected chi connectivity index (χ1v) is 10.6. The van der Waals surface area contributed by atoms with E-state index in [0.29, 0.717) is 22.9 Å². The predicted molar refractivity (Wildman–Crippen MR) is 98.9 cm³/mol. The Morgan fingerprint density at radius 2 is 2.23 bits per heavy atom. The molecule has 26 heavy (non-hydrogen) atoms. The minimum atomic E-state index is -0.0609. The van der Waals surface area contributed by atoms with Crippen LogP contribution >= 0.6 is 0 Å². The molecule has 3 saturated carbocycles. The molecule has 1 aromatic heterocycles. The smallest absolute Gasteiger partial charge is 0.273 e. The Morgan fingerprint density at radius 3 is 3.08 bits per heavy atom. The molecule has 5 nitrogen and oxygen atoms in total. The molecular weight excluding hydrogens is 326 g/mol. The third-order valence-corrected chi connectivity index (χ3v) is 8.01. The van der Waals surface area contributed by atoms with Crippen molar-refractivity contribution in [2.75, 3.05) is 13.1 Å². The molecule has 3 bridgehead atoms. The van der Waals surface area contributed by atoms with Crippen LogP contribution in [0.2, 0.25) is 0 Å². The van der Waals surface area contributed by atoms with Crippen molar-refractivity contribution in [3.05, 3.63) is 17.8 Å². The van der Waals surface area contributed by atoms with Crippen molar-refractivity contribution in [3.8, 4) is 0 Å². The van der Waals surface area contributed by atoms with Crippen molar-refractivity contribution in [1.29, 1.82) is 0 Å². The van der Waals surface area contributed by atoms with Gasteiger partial charge in [-0.2, -0.15) is 0 Å². The Bertz CT molecular complexity index is 681. The zero-order valence-electron chi connectivity index (χ0n) is 15.8. The predicted octanol–water partition coefficient (Wildman–Crippen LogP) is 3.48. The number of carbonyl (C=O) groups excluding carboxylic acids is 1. The molecule has 142 valence electrons. The van der Waals surface area contributed by atoms with Gasteiger partial charge in [-0.25, -0.2) is 4.98 Å². The molecule has 6 unspecified atom stereocenters. The molecule has 1 aliphatic heterocycles. The molecule has 0 aromatic carbocycles. The van der Waals surface area contributed by atoms with Crippen LogP contribution in [0.3, 0.4) is 0 Å². The molecule has 3 aliphatic carbocycles. The van der Waals surface area contributed by atoms with Crippen molar-refractivity contribution in [3.63, 3.8) is 0 Å². The topological polar surface area (TPSA) is 67.2 Å². The highest BCUT2D eigenvalue weighted by molar-refractivity contribution is 5.92. The van der Waals surface area contributed by atoms with Crippen LogP contribution in [-0.4, -0.2) is 30.0 Å². The van der Waals surface area contributed by atoms with Gasteiger partial charge in [0.2, 0.25) is 0 Å². The maximum absolute atomic E-state index is 12.8. The number of hydrogen-bond acceptors (Lipinski definition) is 4.